The van der Waals surface area contributed by atoms with Crippen molar-refractivity contribution in [3.63, 3.8) is 0 Å². The molecule has 278 valence electrons. The largest absolute Gasteiger partial charge is 0.455 e. The summed E-state index contributed by atoms with van der Waals surface area (Å²) in [5.41, 5.74) is 14.9. The van der Waals surface area contributed by atoms with Gasteiger partial charge in [0.25, 0.3) is 0 Å². The number of fused-ring (bicyclic) bond motifs is 9. The molecule has 0 radical (unpaired) electrons. The van der Waals surface area contributed by atoms with Crippen LogP contribution in [0.25, 0.3) is 87.6 Å². The molecule has 59 heavy (non-hydrogen) atoms. The van der Waals surface area contributed by atoms with Crippen molar-refractivity contribution in [3.05, 3.63) is 211 Å². The number of para-hydroxylation sites is 2. The number of anilines is 3. The van der Waals surface area contributed by atoms with Crippen LogP contribution in [0.5, 0.6) is 0 Å². The second-order valence-corrected chi connectivity index (χ2v) is 16.4. The molecule has 1 aliphatic carbocycles. The van der Waals surface area contributed by atoms with Gasteiger partial charge in [-0.05, 0) is 103 Å². The fourth-order valence-corrected chi connectivity index (χ4v) is 9.99. The Kier molecular flexibility index (Phi) is 7.31. The first kappa shape index (κ1) is 33.7. The van der Waals surface area contributed by atoms with E-state index in [1.54, 1.807) is 0 Å². The van der Waals surface area contributed by atoms with Crippen molar-refractivity contribution in [3.8, 4) is 33.4 Å². The molecule has 0 N–H and O–H groups in total. The standard InChI is InChI=1S/C57H39NO/c1-57(2)49-25-13-26-51(55(49)48-34-39-16-3-4-17-40(39)35-50(48)57)58(41-31-28-38(29-32-41)44-22-12-24-47-45-21-9-10-27-53(45)59-56(44)47)52-33-30-37-15-6-8-20-43(37)54(52)46-23-11-18-36-14-5-7-19-42(36)46/h3-35H,1-2H3. The van der Waals surface area contributed by atoms with Gasteiger partial charge < -0.3 is 9.32 Å². The Balaban J connectivity index is 1.14. The zero-order valence-electron chi connectivity index (χ0n) is 32.9. The van der Waals surface area contributed by atoms with Gasteiger partial charge in [0.1, 0.15) is 11.2 Å². The number of nitrogens with zero attached hydrogens (tertiary/aromatic N) is 1. The van der Waals surface area contributed by atoms with E-state index in [2.05, 4.69) is 213 Å². The molecular weight excluding hydrogens is 715 g/mol. The van der Waals surface area contributed by atoms with Gasteiger partial charge in [-0.25, -0.2) is 0 Å². The van der Waals surface area contributed by atoms with Gasteiger partial charge in [-0.3, -0.25) is 0 Å². The zero-order valence-corrected chi connectivity index (χ0v) is 32.9. The molecule has 1 heterocycles. The van der Waals surface area contributed by atoms with Crippen LogP contribution in [0.15, 0.2) is 205 Å². The van der Waals surface area contributed by atoms with Gasteiger partial charge in [-0.2, -0.15) is 0 Å². The lowest BCUT2D eigenvalue weighted by Gasteiger charge is -2.31. The van der Waals surface area contributed by atoms with Crippen molar-refractivity contribution in [2.75, 3.05) is 4.90 Å². The quantitative estimate of drug-likeness (QED) is 0.174. The third-order valence-electron chi connectivity index (χ3n) is 12.8. The molecule has 0 saturated carbocycles. The maximum absolute atomic E-state index is 6.52. The first-order valence-corrected chi connectivity index (χ1v) is 20.5. The molecule has 1 aliphatic rings. The Morgan fingerprint density at radius 1 is 0.390 bits per heavy atom. The van der Waals surface area contributed by atoms with Crippen molar-refractivity contribution in [1.29, 1.82) is 0 Å². The Labute approximate surface area is 343 Å². The van der Waals surface area contributed by atoms with Gasteiger partial charge in [0.15, 0.2) is 0 Å². The third kappa shape index (κ3) is 5.06. The second-order valence-electron chi connectivity index (χ2n) is 16.4. The van der Waals surface area contributed by atoms with E-state index in [1.165, 1.54) is 65.7 Å². The van der Waals surface area contributed by atoms with Crippen molar-refractivity contribution in [2.45, 2.75) is 19.3 Å². The zero-order chi connectivity index (χ0) is 39.2. The summed E-state index contributed by atoms with van der Waals surface area (Å²) in [7, 11) is 0. The summed E-state index contributed by atoms with van der Waals surface area (Å²) in [5, 5.41) is 9.69. The molecule has 12 rings (SSSR count). The molecule has 0 aliphatic heterocycles. The lowest BCUT2D eigenvalue weighted by atomic mass is 9.82. The molecule has 0 spiro atoms. The van der Waals surface area contributed by atoms with Crippen LogP contribution in [0.4, 0.5) is 17.1 Å². The van der Waals surface area contributed by atoms with Gasteiger partial charge in [0.05, 0.1) is 11.4 Å². The average molecular weight is 754 g/mol. The number of benzene rings is 10. The van der Waals surface area contributed by atoms with Crippen LogP contribution < -0.4 is 4.90 Å². The highest BCUT2D eigenvalue weighted by molar-refractivity contribution is 6.13. The highest BCUT2D eigenvalue weighted by Crippen LogP contribution is 2.56. The van der Waals surface area contributed by atoms with E-state index < -0.39 is 0 Å². The topological polar surface area (TPSA) is 16.4 Å². The summed E-state index contributed by atoms with van der Waals surface area (Å²) in [6.07, 6.45) is 0. The summed E-state index contributed by atoms with van der Waals surface area (Å²) in [4.78, 5) is 2.52. The number of furan rings is 1. The Morgan fingerprint density at radius 3 is 1.80 bits per heavy atom. The molecule has 0 amide bonds. The smallest absolute Gasteiger partial charge is 0.143 e. The number of hydrogen-bond acceptors (Lipinski definition) is 2. The molecule has 11 aromatic rings. The first-order chi connectivity index (χ1) is 29.0. The summed E-state index contributed by atoms with van der Waals surface area (Å²) in [5.74, 6) is 0. The van der Waals surface area contributed by atoms with Crippen molar-refractivity contribution in [1.82, 2.24) is 0 Å². The first-order valence-electron chi connectivity index (χ1n) is 20.5. The van der Waals surface area contributed by atoms with Crippen LogP contribution in [0, 0.1) is 0 Å². The average Bonchev–Trinajstić information content (AvgIpc) is 3.78. The van der Waals surface area contributed by atoms with Gasteiger partial charge in [-0.15, -0.1) is 0 Å². The predicted octanol–water partition coefficient (Wildman–Crippen LogP) is 16.2. The van der Waals surface area contributed by atoms with E-state index in [0.29, 0.717) is 0 Å². The van der Waals surface area contributed by atoms with Crippen molar-refractivity contribution >= 4 is 71.3 Å². The fraction of sp³-hybridized carbons (Fsp3) is 0.0526. The van der Waals surface area contributed by atoms with Crippen molar-refractivity contribution in [2.24, 2.45) is 0 Å². The van der Waals surface area contributed by atoms with E-state index in [9.17, 15) is 0 Å². The summed E-state index contributed by atoms with van der Waals surface area (Å²) in [6.45, 7) is 4.76. The highest BCUT2D eigenvalue weighted by atomic mass is 16.3. The minimum atomic E-state index is -0.187. The summed E-state index contributed by atoms with van der Waals surface area (Å²) < 4.78 is 6.52. The number of hydrogen-bond donors (Lipinski definition) is 0. The Bertz CT molecular complexity index is 3470. The molecule has 0 saturated heterocycles. The predicted molar refractivity (Wildman–Crippen MR) is 249 cm³/mol. The van der Waals surface area contributed by atoms with E-state index in [4.69, 9.17) is 4.42 Å². The molecule has 0 atom stereocenters. The van der Waals surface area contributed by atoms with Crippen LogP contribution in [-0.2, 0) is 5.41 Å². The Morgan fingerprint density at radius 2 is 0.983 bits per heavy atom. The lowest BCUT2D eigenvalue weighted by molar-refractivity contribution is 0.661. The normalized spacial score (nSPS) is 13.1. The van der Waals surface area contributed by atoms with E-state index in [1.807, 2.05) is 6.07 Å². The van der Waals surface area contributed by atoms with Crippen LogP contribution in [-0.4, -0.2) is 0 Å². The monoisotopic (exact) mass is 753 g/mol. The molecule has 0 fully saturated rings. The van der Waals surface area contributed by atoms with Gasteiger partial charge in [0.2, 0.25) is 0 Å². The van der Waals surface area contributed by atoms with Crippen LogP contribution in [0.3, 0.4) is 0 Å². The van der Waals surface area contributed by atoms with Gasteiger partial charge in [-0.1, -0.05) is 172 Å². The maximum atomic E-state index is 6.52. The van der Waals surface area contributed by atoms with Crippen LogP contribution in [0.1, 0.15) is 25.0 Å². The Hall–Kier alpha value is -7.42. The highest BCUT2D eigenvalue weighted by Gasteiger charge is 2.38. The summed E-state index contributed by atoms with van der Waals surface area (Å²) in [6, 6.07) is 73.3. The molecule has 0 bridgehead atoms. The SMILES string of the molecule is CC1(C)c2cc3ccccc3cc2-c2c(N(c3ccc(-c4cccc5c4oc4ccccc45)cc3)c3ccc4ccccc4c3-c3cccc4ccccc34)cccc21. The second kappa shape index (κ2) is 12.8. The minimum absolute atomic E-state index is 0.187. The van der Waals surface area contributed by atoms with E-state index in [-0.39, 0.29) is 5.41 Å². The molecule has 10 aromatic carbocycles. The van der Waals surface area contributed by atoms with Gasteiger partial charge >= 0.3 is 0 Å². The molecule has 2 nitrogen and oxygen atoms in total. The van der Waals surface area contributed by atoms with Crippen molar-refractivity contribution < 1.29 is 4.42 Å². The molecule has 1 aromatic heterocycles. The van der Waals surface area contributed by atoms with Crippen LogP contribution >= 0.6 is 0 Å². The maximum Gasteiger partial charge on any atom is 0.143 e. The molecule has 0 unspecified atom stereocenters. The fourth-order valence-electron chi connectivity index (χ4n) is 9.99. The minimum Gasteiger partial charge on any atom is -0.455 e. The lowest BCUT2D eigenvalue weighted by Crippen LogP contribution is -2.16. The van der Waals surface area contributed by atoms with E-state index >= 15 is 0 Å². The third-order valence-corrected chi connectivity index (χ3v) is 12.8. The molecular formula is C57H39NO. The van der Waals surface area contributed by atoms with Crippen LogP contribution in [0.2, 0.25) is 0 Å². The molecule has 2 heteroatoms. The summed E-state index contributed by atoms with van der Waals surface area (Å²) >= 11 is 0. The van der Waals surface area contributed by atoms with Gasteiger partial charge in [0, 0.05) is 38.6 Å². The number of rotatable bonds is 5. The van der Waals surface area contributed by atoms with E-state index in [0.717, 1.165) is 50.1 Å².